The van der Waals surface area contributed by atoms with E-state index in [-0.39, 0.29) is 0 Å². The smallest absolute Gasteiger partial charge is 0.179 e. The summed E-state index contributed by atoms with van der Waals surface area (Å²) < 4.78 is 9.09. The summed E-state index contributed by atoms with van der Waals surface area (Å²) in [5, 5.41) is 12.5. The van der Waals surface area contributed by atoms with E-state index >= 15 is 0 Å². The molecule has 12 aromatic carbocycles. The molecule has 0 amide bonds. The number of aromatic nitrogens is 1. The lowest BCUT2D eigenvalue weighted by molar-refractivity contribution is 0.666. The first-order valence-electron chi connectivity index (χ1n) is 25.4. The van der Waals surface area contributed by atoms with Crippen molar-refractivity contribution >= 4 is 100 Å². The average molecular weight is 961 g/mol. The highest BCUT2D eigenvalue weighted by molar-refractivity contribution is 7.19. The van der Waals surface area contributed by atoms with Gasteiger partial charge in [0.1, 0.15) is 5.58 Å². The van der Waals surface area contributed by atoms with E-state index in [0.717, 1.165) is 66.7 Å². The Labute approximate surface area is 431 Å². The van der Waals surface area contributed by atoms with Crippen LogP contribution in [0, 0.1) is 0 Å². The lowest BCUT2D eigenvalue weighted by atomic mass is 9.98. The van der Waals surface area contributed by atoms with Gasteiger partial charge in [0.15, 0.2) is 13.7 Å². The minimum absolute atomic E-state index is 0.875. The van der Waals surface area contributed by atoms with Gasteiger partial charge in [-0.25, -0.2) is 0 Å². The maximum absolute atomic E-state index is 6.70. The lowest BCUT2D eigenvalue weighted by Crippen LogP contribution is -2.74. The molecule has 4 heteroatoms. The maximum atomic E-state index is 6.70. The number of para-hydroxylation sites is 3. The first kappa shape index (κ1) is 43.3. The minimum atomic E-state index is -2.66. The summed E-state index contributed by atoms with van der Waals surface area (Å²) in [6.45, 7) is 0. The van der Waals surface area contributed by atoms with Crippen LogP contribution in [0.2, 0.25) is 0 Å². The van der Waals surface area contributed by atoms with Crippen molar-refractivity contribution < 1.29 is 4.42 Å². The van der Waals surface area contributed by atoms with Crippen molar-refractivity contribution in [1.82, 2.24) is 4.57 Å². The first-order chi connectivity index (χ1) is 36.7. The number of furan rings is 1. The minimum Gasteiger partial charge on any atom is -0.454 e. The standard InChI is InChI=1S/C70H48N2OSi/c1-4-21-55(22-5-1)74(56-23-6-2-7-24-56,57-25-8-3-9-26-57)58-47-41-50(42-48-58)49-37-43-53(44-38-49)71(54-45-39-52(40-46-54)60-30-16-20-51-19-10-11-27-59(51)60)65-33-18-34-66-69(65)63-29-12-14-32-64(63)72(66)67-35-17-31-62-61-28-13-15-36-68(61)73-70(62)67/h1-48H. The molecule has 348 valence electrons. The molecule has 2 heterocycles. The van der Waals surface area contributed by atoms with Gasteiger partial charge in [0.25, 0.3) is 0 Å². The molecule has 0 saturated carbocycles. The van der Waals surface area contributed by atoms with Gasteiger partial charge in [-0.15, -0.1) is 0 Å². The van der Waals surface area contributed by atoms with Crippen LogP contribution in [-0.2, 0) is 0 Å². The second-order valence-corrected chi connectivity index (χ2v) is 23.0. The zero-order valence-electron chi connectivity index (χ0n) is 40.5. The number of anilines is 3. The Morgan fingerprint density at radius 1 is 0.324 bits per heavy atom. The van der Waals surface area contributed by atoms with E-state index in [1.165, 1.54) is 53.6 Å². The number of hydrogen-bond acceptors (Lipinski definition) is 2. The molecule has 0 aliphatic heterocycles. The highest BCUT2D eigenvalue weighted by Gasteiger charge is 2.41. The molecule has 3 nitrogen and oxygen atoms in total. The third-order valence-corrected chi connectivity index (χ3v) is 20.0. The molecule has 0 saturated heterocycles. The van der Waals surface area contributed by atoms with Crippen molar-refractivity contribution in [2.45, 2.75) is 0 Å². The third-order valence-electron chi connectivity index (χ3n) is 15.2. The summed E-state index contributed by atoms with van der Waals surface area (Å²) in [5.41, 5.74) is 12.9. The fraction of sp³-hybridized carbons (Fsp3) is 0. The number of nitrogens with zero attached hydrogens (tertiary/aromatic N) is 2. The molecule has 0 unspecified atom stereocenters. The van der Waals surface area contributed by atoms with Crippen LogP contribution < -0.4 is 25.6 Å². The van der Waals surface area contributed by atoms with E-state index in [4.69, 9.17) is 4.42 Å². The number of rotatable bonds is 10. The Bertz CT molecular complexity index is 4230. The van der Waals surface area contributed by atoms with Crippen LogP contribution in [0.25, 0.3) is 82.5 Å². The molecule has 0 bridgehead atoms. The second kappa shape index (κ2) is 18.0. The van der Waals surface area contributed by atoms with Gasteiger partial charge in [-0.1, -0.05) is 237 Å². The fourth-order valence-corrected chi connectivity index (χ4v) is 16.6. The molecule has 0 N–H and O–H groups in total. The Morgan fingerprint density at radius 3 is 1.46 bits per heavy atom. The van der Waals surface area contributed by atoms with Crippen molar-refractivity contribution in [2.24, 2.45) is 0 Å². The van der Waals surface area contributed by atoms with Gasteiger partial charge >= 0.3 is 0 Å². The monoisotopic (exact) mass is 960 g/mol. The molecular formula is C70H48N2OSi. The predicted octanol–water partition coefficient (Wildman–Crippen LogP) is 16.0. The van der Waals surface area contributed by atoms with Crippen LogP contribution >= 0.6 is 0 Å². The molecule has 0 radical (unpaired) electrons. The SMILES string of the molecule is c1ccc([Si](c2ccccc2)(c2ccccc2)c2ccc(-c3ccc(N(c4ccc(-c5cccc6ccccc56)cc4)c4cccc5c4c4ccccc4n5-c4cccc5c4oc4ccccc45)cc3)cc2)cc1. The van der Waals surface area contributed by atoms with E-state index in [2.05, 4.69) is 295 Å². The molecule has 0 aliphatic rings. The second-order valence-electron chi connectivity index (χ2n) is 19.2. The van der Waals surface area contributed by atoms with E-state index in [1.54, 1.807) is 0 Å². The summed E-state index contributed by atoms with van der Waals surface area (Å²) in [4.78, 5) is 2.43. The number of fused-ring (bicyclic) bond motifs is 7. The third kappa shape index (κ3) is 7.02. The van der Waals surface area contributed by atoms with Gasteiger partial charge in [0.2, 0.25) is 0 Å². The topological polar surface area (TPSA) is 21.3 Å². The van der Waals surface area contributed by atoms with Crippen molar-refractivity contribution in [3.8, 4) is 27.9 Å². The van der Waals surface area contributed by atoms with Gasteiger partial charge in [0, 0.05) is 32.9 Å². The van der Waals surface area contributed by atoms with E-state index in [1.807, 2.05) is 6.07 Å². The van der Waals surface area contributed by atoms with Gasteiger partial charge in [-0.3, -0.25) is 0 Å². The molecule has 0 aliphatic carbocycles. The van der Waals surface area contributed by atoms with Crippen molar-refractivity contribution in [3.63, 3.8) is 0 Å². The molecular weight excluding hydrogens is 913 g/mol. The van der Waals surface area contributed by atoms with Gasteiger partial charge in [-0.2, -0.15) is 0 Å². The Balaban J connectivity index is 0.917. The van der Waals surface area contributed by atoms with Gasteiger partial charge in [0.05, 0.1) is 22.4 Å². The normalized spacial score (nSPS) is 11.8. The highest BCUT2D eigenvalue weighted by atomic mass is 28.3. The van der Waals surface area contributed by atoms with E-state index in [0.29, 0.717) is 0 Å². The molecule has 2 aromatic heterocycles. The van der Waals surface area contributed by atoms with Crippen LogP contribution in [-0.4, -0.2) is 12.6 Å². The zero-order valence-corrected chi connectivity index (χ0v) is 41.5. The van der Waals surface area contributed by atoms with Crippen LogP contribution in [0.1, 0.15) is 0 Å². The quantitative estimate of drug-likeness (QED) is 0.101. The van der Waals surface area contributed by atoms with Crippen molar-refractivity contribution in [3.05, 3.63) is 291 Å². The summed E-state index contributed by atoms with van der Waals surface area (Å²) in [6.07, 6.45) is 0. The molecule has 0 atom stereocenters. The fourth-order valence-electron chi connectivity index (χ4n) is 11.8. The Kier molecular flexibility index (Phi) is 10.5. The summed E-state index contributed by atoms with van der Waals surface area (Å²) in [5.74, 6) is 0. The van der Waals surface area contributed by atoms with Gasteiger partial charge < -0.3 is 13.9 Å². The van der Waals surface area contributed by atoms with Gasteiger partial charge in [-0.05, 0) is 108 Å². The predicted molar refractivity (Wildman–Crippen MR) is 315 cm³/mol. The molecule has 14 aromatic rings. The van der Waals surface area contributed by atoms with Crippen LogP contribution in [0.15, 0.2) is 296 Å². The van der Waals surface area contributed by atoms with E-state index in [9.17, 15) is 0 Å². The lowest BCUT2D eigenvalue weighted by Gasteiger charge is -2.34. The Morgan fingerprint density at radius 2 is 0.797 bits per heavy atom. The average Bonchev–Trinajstić information content (AvgIpc) is 4.03. The largest absolute Gasteiger partial charge is 0.454 e. The van der Waals surface area contributed by atoms with Crippen LogP contribution in [0.3, 0.4) is 0 Å². The Hall–Kier alpha value is -9.48. The molecule has 0 fully saturated rings. The van der Waals surface area contributed by atoms with Crippen LogP contribution in [0.5, 0.6) is 0 Å². The zero-order chi connectivity index (χ0) is 49.0. The molecule has 0 spiro atoms. The summed E-state index contributed by atoms with van der Waals surface area (Å²) in [7, 11) is -2.66. The number of hydrogen-bond donors (Lipinski definition) is 0. The summed E-state index contributed by atoms with van der Waals surface area (Å²) in [6, 6.07) is 107. The van der Waals surface area contributed by atoms with Crippen molar-refractivity contribution in [1.29, 1.82) is 0 Å². The molecule has 74 heavy (non-hydrogen) atoms. The van der Waals surface area contributed by atoms with E-state index < -0.39 is 8.07 Å². The summed E-state index contributed by atoms with van der Waals surface area (Å²) >= 11 is 0. The first-order valence-corrected chi connectivity index (χ1v) is 27.4. The number of benzene rings is 12. The maximum Gasteiger partial charge on any atom is 0.179 e. The van der Waals surface area contributed by atoms with Crippen LogP contribution in [0.4, 0.5) is 17.1 Å². The van der Waals surface area contributed by atoms with Crippen molar-refractivity contribution in [2.75, 3.05) is 4.90 Å². The highest BCUT2D eigenvalue weighted by Crippen LogP contribution is 2.46. The molecule has 14 rings (SSSR count).